The number of rotatable bonds is 5. The second kappa shape index (κ2) is 7.72. The van der Waals surface area contributed by atoms with E-state index in [4.69, 9.17) is 9.72 Å². The van der Waals surface area contributed by atoms with E-state index >= 15 is 0 Å². The molecule has 142 valence electrons. The van der Waals surface area contributed by atoms with E-state index in [2.05, 4.69) is 21.2 Å². The predicted molar refractivity (Wildman–Crippen MR) is 110 cm³/mol. The third-order valence-corrected chi connectivity index (χ3v) is 5.42. The lowest BCUT2D eigenvalue weighted by Crippen LogP contribution is -2.34. The zero-order valence-electron chi connectivity index (χ0n) is 15.3. The van der Waals surface area contributed by atoms with Crippen LogP contribution in [0.15, 0.2) is 59.1 Å². The Bertz CT molecular complexity index is 1050. The van der Waals surface area contributed by atoms with Crippen molar-refractivity contribution in [3.63, 3.8) is 0 Å². The molecule has 1 aromatic heterocycles. The molecule has 6 heteroatoms. The molecule has 1 aliphatic rings. The molecule has 4 rings (SSSR count). The van der Waals surface area contributed by atoms with Crippen molar-refractivity contribution in [3.8, 4) is 0 Å². The fourth-order valence-corrected chi connectivity index (χ4v) is 3.50. The van der Waals surface area contributed by atoms with Gasteiger partial charge in [-0.2, -0.15) is 0 Å². The Morgan fingerprint density at radius 3 is 2.54 bits per heavy atom. The third kappa shape index (κ3) is 3.78. The molecule has 0 aliphatic heterocycles. The number of pyridine rings is 1. The van der Waals surface area contributed by atoms with Crippen LogP contribution in [0.5, 0.6) is 0 Å². The highest BCUT2D eigenvalue weighted by Gasteiger charge is 2.29. The summed E-state index contributed by atoms with van der Waals surface area (Å²) in [6.07, 6.45) is 2.19. The van der Waals surface area contributed by atoms with Gasteiger partial charge in [0.1, 0.15) is 0 Å². The van der Waals surface area contributed by atoms with Gasteiger partial charge in [-0.25, -0.2) is 4.79 Å². The number of aromatic nitrogens is 1. The number of amides is 1. The van der Waals surface area contributed by atoms with Crippen LogP contribution in [0.4, 0.5) is 0 Å². The average Bonchev–Trinajstić information content (AvgIpc) is 3.56. The minimum atomic E-state index is -0.887. The second-order valence-corrected chi connectivity index (χ2v) is 7.78. The van der Waals surface area contributed by atoms with Gasteiger partial charge in [-0.15, -0.1) is 0 Å². The molecule has 2 aromatic carbocycles. The molecule has 28 heavy (non-hydrogen) atoms. The first-order valence-corrected chi connectivity index (χ1v) is 9.90. The van der Waals surface area contributed by atoms with Crippen LogP contribution in [0.3, 0.4) is 0 Å². The summed E-state index contributed by atoms with van der Waals surface area (Å²) in [6, 6.07) is 15.8. The maximum atomic E-state index is 13.2. The number of ether oxygens (including phenoxy) is 1. The van der Waals surface area contributed by atoms with E-state index in [0.717, 1.165) is 33.9 Å². The standard InChI is InChI=1S/C22H19BrN2O3/c1-28-22(27)20(14-8-10-15(23)11-9-14)25-21(26)17-12-19(13-6-7-13)24-18-5-3-2-4-16(17)18/h2-5,8-13,20H,6-7H2,1H3,(H,25,26). The van der Waals surface area contributed by atoms with Crippen LogP contribution < -0.4 is 5.32 Å². The van der Waals surface area contributed by atoms with E-state index in [1.165, 1.54) is 7.11 Å². The van der Waals surface area contributed by atoms with Crippen molar-refractivity contribution in [2.45, 2.75) is 24.8 Å². The Balaban J connectivity index is 1.71. The second-order valence-electron chi connectivity index (χ2n) is 6.87. The van der Waals surface area contributed by atoms with Gasteiger partial charge in [0.05, 0.1) is 18.2 Å². The molecule has 0 spiro atoms. The summed E-state index contributed by atoms with van der Waals surface area (Å²) in [5, 5.41) is 3.61. The summed E-state index contributed by atoms with van der Waals surface area (Å²) in [5.41, 5.74) is 2.90. The first-order chi connectivity index (χ1) is 13.6. The Labute approximate surface area is 171 Å². The smallest absolute Gasteiger partial charge is 0.333 e. The highest BCUT2D eigenvalue weighted by molar-refractivity contribution is 9.10. The van der Waals surface area contributed by atoms with Crippen molar-refractivity contribution in [1.82, 2.24) is 10.3 Å². The highest BCUT2D eigenvalue weighted by atomic mass is 79.9. The van der Waals surface area contributed by atoms with E-state index in [9.17, 15) is 9.59 Å². The van der Waals surface area contributed by atoms with Gasteiger partial charge in [-0.05, 0) is 42.7 Å². The molecule has 5 nitrogen and oxygen atoms in total. The van der Waals surface area contributed by atoms with Crippen molar-refractivity contribution in [3.05, 3.63) is 75.9 Å². The minimum absolute atomic E-state index is 0.321. The molecule has 1 fully saturated rings. The van der Waals surface area contributed by atoms with E-state index in [1.807, 2.05) is 42.5 Å². The number of halogens is 1. The molecule has 3 aromatic rings. The molecule has 1 amide bonds. The molecular formula is C22H19BrN2O3. The van der Waals surface area contributed by atoms with E-state index in [1.54, 1.807) is 12.1 Å². The topological polar surface area (TPSA) is 68.3 Å². The monoisotopic (exact) mass is 438 g/mol. The normalized spacial score (nSPS) is 14.5. The molecule has 1 heterocycles. The Morgan fingerprint density at radius 2 is 1.86 bits per heavy atom. The van der Waals surface area contributed by atoms with Gasteiger partial charge in [0.25, 0.3) is 5.91 Å². The van der Waals surface area contributed by atoms with Crippen LogP contribution in [0.1, 0.15) is 46.4 Å². The number of nitrogens with one attached hydrogen (secondary N) is 1. The summed E-state index contributed by atoms with van der Waals surface area (Å²) in [6.45, 7) is 0. The van der Waals surface area contributed by atoms with Crippen molar-refractivity contribution >= 4 is 38.7 Å². The first-order valence-electron chi connectivity index (χ1n) is 9.10. The lowest BCUT2D eigenvalue weighted by molar-refractivity contribution is -0.143. The van der Waals surface area contributed by atoms with E-state index < -0.39 is 12.0 Å². The fraction of sp³-hybridized carbons (Fsp3) is 0.227. The van der Waals surface area contributed by atoms with Crippen LogP contribution in [-0.4, -0.2) is 24.0 Å². The summed E-state index contributed by atoms with van der Waals surface area (Å²) >= 11 is 3.38. The number of methoxy groups -OCH3 is 1. The van der Waals surface area contributed by atoms with Gasteiger partial charge < -0.3 is 10.1 Å². The van der Waals surface area contributed by atoms with Crippen molar-refractivity contribution in [2.24, 2.45) is 0 Å². The van der Waals surface area contributed by atoms with Gasteiger partial charge in [-0.1, -0.05) is 46.3 Å². The van der Waals surface area contributed by atoms with Crippen molar-refractivity contribution in [2.75, 3.05) is 7.11 Å². The Morgan fingerprint density at radius 1 is 1.14 bits per heavy atom. The van der Waals surface area contributed by atoms with Crippen LogP contribution >= 0.6 is 15.9 Å². The zero-order valence-corrected chi connectivity index (χ0v) is 16.9. The zero-order chi connectivity index (χ0) is 19.7. The molecule has 0 saturated heterocycles. The predicted octanol–water partition coefficient (Wildman–Crippen LogP) is 4.52. The summed E-state index contributed by atoms with van der Waals surface area (Å²) in [4.78, 5) is 30.2. The number of carbonyl (C=O) groups excluding carboxylic acids is 2. The van der Waals surface area contributed by atoms with Gasteiger partial charge in [0.15, 0.2) is 6.04 Å². The van der Waals surface area contributed by atoms with E-state index in [0.29, 0.717) is 17.0 Å². The highest BCUT2D eigenvalue weighted by Crippen LogP contribution is 2.40. The number of nitrogens with zero attached hydrogens (tertiary/aromatic N) is 1. The molecule has 1 atom stereocenters. The third-order valence-electron chi connectivity index (χ3n) is 4.89. The summed E-state index contributed by atoms with van der Waals surface area (Å²) in [5.74, 6) is -0.422. The summed E-state index contributed by atoms with van der Waals surface area (Å²) < 4.78 is 5.80. The molecular weight excluding hydrogens is 420 g/mol. The molecule has 0 radical (unpaired) electrons. The fourth-order valence-electron chi connectivity index (χ4n) is 3.23. The lowest BCUT2D eigenvalue weighted by atomic mass is 10.0. The molecule has 1 saturated carbocycles. The van der Waals surface area contributed by atoms with Gasteiger partial charge in [0, 0.05) is 21.5 Å². The maximum Gasteiger partial charge on any atom is 0.333 e. The Kier molecular flexibility index (Phi) is 5.13. The van der Waals surface area contributed by atoms with Crippen LogP contribution in [-0.2, 0) is 9.53 Å². The minimum Gasteiger partial charge on any atom is -0.467 e. The Hall–Kier alpha value is -2.73. The SMILES string of the molecule is COC(=O)C(NC(=O)c1cc(C2CC2)nc2ccccc12)c1ccc(Br)cc1. The van der Waals surface area contributed by atoms with Gasteiger partial charge in [0.2, 0.25) is 0 Å². The molecule has 0 bridgehead atoms. The van der Waals surface area contributed by atoms with Crippen LogP contribution in [0, 0.1) is 0 Å². The first kappa shape index (κ1) is 18.6. The molecule has 1 N–H and O–H groups in total. The van der Waals surface area contributed by atoms with Gasteiger partial charge in [-0.3, -0.25) is 9.78 Å². The lowest BCUT2D eigenvalue weighted by Gasteiger charge is -2.18. The number of para-hydroxylation sites is 1. The van der Waals surface area contributed by atoms with Gasteiger partial charge >= 0.3 is 5.97 Å². The number of hydrogen-bond acceptors (Lipinski definition) is 4. The average molecular weight is 439 g/mol. The van der Waals surface area contributed by atoms with Crippen LogP contribution in [0.2, 0.25) is 0 Å². The summed E-state index contributed by atoms with van der Waals surface area (Å²) in [7, 11) is 1.31. The number of benzene rings is 2. The largest absolute Gasteiger partial charge is 0.467 e. The van der Waals surface area contributed by atoms with Crippen molar-refractivity contribution in [1.29, 1.82) is 0 Å². The maximum absolute atomic E-state index is 13.2. The number of esters is 1. The number of hydrogen-bond donors (Lipinski definition) is 1. The van der Waals surface area contributed by atoms with Crippen LogP contribution in [0.25, 0.3) is 10.9 Å². The van der Waals surface area contributed by atoms with E-state index in [-0.39, 0.29) is 5.91 Å². The number of carbonyl (C=O) groups is 2. The molecule has 1 aliphatic carbocycles. The van der Waals surface area contributed by atoms with Crippen molar-refractivity contribution < 1.29 is 14.3 Å². The quantitative estimate of drug-likeness (QED) is 0.594. The number of fused-ring (bicyclic) bond motifs is 1. The molecule has 1 unspecified atom stereocenters.